The minimum Gasteiger partial charge on any atom is -0.479 e. The Labute approximate surface area is 125 Å². The highest BCUT2D eigenvalue weighted by atomic mass is 16.6. The van der Waals surface area contributed by atoms with Gasteiger partial charge in [-0.2, -0.15) is 0 Å². The largest absolute Gasteiger partial charge is 0.479 e. The molecule has 1 aliphatic rings. The first-order chi connectivity index (χ1) is 9.63. The van der Waals surface area contributed by atoms with Gasteiger partial charge in [0.2, 0.25) is 0 Å². The lowest BCUT2D eigenvalue weighted by atomic mass is 9.77. The van der Waals surface area contributed by atoms with Crippen LogP contribution in [0.3, 0.4) is 0 Å². The quantitative estimate of drug-likeness (QED) is 0.660. The Hall–Kier alpha value is -1.14. The van der Waals surface area contributed by atoms with Crippen molar-refractivity contribution >= 4 is 11.9 Å². The van der Waals surface area contributed by atoms with Crippen LogP contribution in [-0.4, -0.2) is 39.9 Å². The van der Waals surface area contributed by atoms with Crippen LogP contribution in [0, 0.1) is 11.8 Å². The molecule has 0 aromatic carbocycles. The van der Waals surface area contributed by atoms with Crippen molar-refractivity contribution in [1.29, 1.82) is 0 Å². The number of ether oxygens (including phenoxy) is 1. The lowest BCUT2D eigenvalue weighted by molar-refractivity contribution is -0.172. The zero-order valence-corrected chi connectivity index (χ0v) is 13.0. The zero-order valence-electron chi connectivity index (χ0n) is 13.0. The maximum Gasteiger partial charge on any atom is 0.333 e. The molecule has 0 saturated heterocycles. The second-order valence-electron chi connectivity index (χ2n) is 6.82. The molecule has 0 amide bonds. The Balaban J connectivity index is 2.90. The Morgan fingerprint density at radius 1 is 1.19 bits per heavy atom. The summed E-state index contributed by atoms with van der Waals surface area (Å²) in [5, 5.41) is 18.9. The summed E-state index contributed by atoms with van der Waals surface area (Å²) in [5.41, 5.74) is 5.38. The minimum absolute atomic E-state index is 0.0465. The molecule has 1 fully saturated rings. The fourth-order valence-corrected chi connectivity index (χ4v) is 2.83. The number of hydrogen-bond acceptors (Lipinski definition) is 5. The van der Waals surface area contributed by atoms with Gasteiger partial charge in [0, 0.05) is 6.04 Å². The average molecular weight is 301 g/mol. The predicted octanol–water partition coefficient (Wildman–Crippen LogP) is 1.30. The number of aliphatic hydroxyl groups is 1. The molecule has 6 nitrogen and oxygen atoms in total. The Bertz CT molecular complexity index is 371. The van der Waals surface area contributed by atoms with Gasteiger partial charge in [-0.25, -0.2) is 4.79 Å². The number of carbonyl (C=O) groups is 2. The van der Waals surface area contributed by atoms with Crippen LogP contribution in [0.25, 0.3) is 0 Å². The topological polar surface area (TPSA) is 110 Å². The minimum atomic E-state index is -1.84. The van der Waals surface area contributed by atoms with Gasteiger partial charge >= 0.3 is 11.9 Å². The SMILES string of the molecule is CC(C)(C)OC(=O)C(C(O)C(=O)O)C(N)C1CCCCC1. The normalized spacial score (nSPS) is 21.4. The van der Waals surface area contributed by atoms with Crippen LogP contribution in [0.4, 0.5) is 0 Å². The molecule has 122 valence electrons. The molecule has 3 atom stereocenters. The van der Waals surface area contributed by atoms with Gasteiger partial charge in [-0.3, -0.25) is 4.79 Å². The molecule has 4 N–H and O–H groups in total. The third-order valence-electron chi connectivity index (χ3n) is 3.88. The Morgan fingerprint density at radius 2 is 1.71 bits per heavy atom. The summed E-state index contributed by atoms with van der Waals surface area (Å²) < 4.78 is 5.24. The number of rotatable bonds is 5. The van der Waals surface area contributed by atoms with Crippen molar-refractivity contribution in [2.45, 2.75) is 70.6 Å². The lowest BCUT2D eigenvalue weighted by Crippen LogP contribution is -2.51. The standard InChI is InChI=1S/C15H27NO5/c1-15(2,3)21-14(20)10(12(17)13(18)19)11(16)9-7-5-4-6-8-9/h9-12,17H,4-8,16H2,1-3H3,(H,18,19). The number of aliphatic carboxylic acids is 1. The number of aliphatic hydroxyl groups excluding tert-OH is 1. The van der Waals surface area contributed by atoms with E-state index in [-0.39, 0.29) is 5.92 Å². The van der Waals surface area contributed by atoms with Gasteiger partial charge in [0.25, 0.3) is 0 Å². The molecule has 21 heavy (non-hydrogen) atoms. The first-order valence-electron chi connectivity index (χ1n) is 7.53. The van der Waals surface area contributed by atoms with Crippen LogP contribution in [0.1, 0.15) is 52.9 Å². The van der Waals surface area contributed by atoms with Crippen LogP contribution in [-0.2, 0) is 14.3 Å². The van der Waals surface area contributed by atoms with E-state index in [1.807, 2.05) is 0 Å². The summed E-state index contributed by atoms with van der Waals surface area (Å²) >= 11 is 0. The first kappa shape index (κ1) is 17.9. The van der Waals surface area contributed by atoms with Gasteiger partial charge in [0.15, 0.2) is 6.10 Å². The second kappa shape index (κ2) is 7.22. The van der Waals surface area contributed by atoms with Crippen molar-refractivity contribution in [3.63, 3.8) is 0 Å². The van der Waals surface area contributed by atoms with Crippen molar-refractivity contribution in [3.05, 3.63) is 0 Å². The third-order valence-corrected chi connectivity index (χ3v) is 3.88. The molecular formula is C15H27NO5. The number of nitrogens with two attached hydrogens (primary N) is 1. The van der Waals surface area contributed by atoms with Crippen molar-refractivity contribution in [1.82, 2.24) is 0 Å². The van der Waals surface area contributed by atoms with E-state index in [4.69, 9.17) is 15.6 Å². The van der Waals surface area contributed by atoms with E-state index >= 15 is 0 Å². The second-order valence-corrected chi connectivity index (χ2v) is 6.82. The van der Waals surface area contributed by atoms with Crippen LogP contribution < -0.4 is 5.73 Å². The molecule has 0 spiro atoms. The van der Waals surface area contributed by atoms with Crippen molar-refractivity contribution in [2.24, 2.45) is 17.6 Å². The van der Waals surface area contributed by atoms with Gasteiger partial charge in [-0.05, 0) is 39.5 Å². The molecule has 0 heterocycles. The van der Waals surface area contributed by atoms with Gasteiger partial charge in [-0.1, -0.05) is 19.3 Å². The van der Waals surface area contributed by atoms with E-state index in [1.165, 1.54) is 0 Å². The molecular weight excluding hydrogens is 274 g/mol. The summed E-state index contributed by atoms with van der Waals surface area (Å²) in [4.78, 5) is 23.3. The summed E-state index contributed by atoms with van der Waals surface area (Å²) in [7, 11) is 0. The van der Waals surface area contributed by atoms with Gasteiger partial charge in [-0.15, -0.1) is 0 Å². The summed E-state index contributed by atoms with van der Waals surface area (Å²) in [6.45, 7) is 5.09. The number of hydrogen-bond donors (Lipinski definition) is 3. The fourth-order valence-electron chi connectivity index (χ4n) is 2.83. The molecule has 1 rings (SSSR count). The fraction of sp³-hybridized carbons (Fsp3) is 0.867. The van der Waals surface area contributed by atoms with Crippen molar-refractivity contribution in [2.75, 3.05) is 0 Å². The maximum atomic E-state index is 12.3. The predicted molar refractivity (Wildman–Crippen MR) is 77.5 cm³/mol. The monoisotopic (exact) mass is 301 g/mol. The van der Waals surface area contributed by atoms with Crippen LogP contribution in [0.2, 0.25) is 0 Å². The van der Waals surface area contributed by atoms with E-state index in [0.717, 1.165) is 32.1 Å². The van der Waals surface area contributed by atoms with Crippen LogP contribution >= 0.6 is 0 Å². The Kier molecular flexibility index (Phi) is 6.16. The number of carboxylic acids is 1. The van der Waals surface area contributed by atoms with Gasteiger partial charge in [0.05, 0.1) is 0 Å². The van der Waals surface area contributed by atoms with E-state index in [9.17, 15) is 14.7 Å². The van der Waals surface area contributed by atoms with Crippen LogP contribution in [0.5, 0.6) is 0 Å². The molecule has 1 aliphatic carbocycles. The third kappa shape index (κ3) is 5.28. The summed E-state index contributed by atoms with van der Waals surface area (Å²) in [6, 6.07) is -0.703. The number of carbonyl (C=O) groups excluding carboxylic acids is 1. The highest BCUT2D eigenvalue weighted by molar-refractivity contribution is 5.83. The highest BCUT2D eigenvalue weighted by Gasteiger charge is 2.42. The van der Waals surface area contributed by atoms with E-state index in [1.54, 1.807) is 20.8 Å². The molecule has 0 radical (unpaired) electrons. The number of carboxylic acid groups (broad SMARTS) is 1. The summed E-state index contributed by atoms with van der Waals surface area (Å²) in [5.74, 6) is -3.37. The molecule has 0 aromatic rings. The molecule has 0 aliphatic heterocycles. The highest BCUT2D eigenvalue weighted by Crippen LogP contribution is 2.30. The molecule has 6 heteroatoms. The summed E-state index contributed by atoms with van der Waals surface area (Å²) in [6.07, 6.45) is 3.03. The van der Waals surface area contributed by atoms with E-state index in [0.29, 0.717) is 0 Å². The average Bonchev–Trinajstić information content (AvgIpc) is 2.37. The van der Waals surface area contributed by atoms with Crippen molar-refractivity contribution < 1.29 is 24.5 Å². The van der Waals surface area contributed by atoms with Crippen LogP contribution in [0.15, 0.2) is 0 Å². The lowest BCUT2D eigenvalue weighted by Gasteiger charge is -2.34. The molecule has 0 bridgehead atoms. The smallest absolute Gasteiger partial charge is 0.333 e. The van der Waals surface area contributed by atoms with Gasteiger partial charge in [0.1, 0.15) is 11.5 Å². The van der Waals surface area contributed by atoms with Gasteiger partial charge < -0.3 is 20.7 Å². The molecule has 1 saturated carbocycles. The number of esters is 1. The Morgan fingerprint density at radius 3 is 2.14 bits per heavy atom. The zero-order chi connectivity index (χ0) is 16.2. The van der Waals surface area contributed by atoms with E-state index < -0.39 is 35.6 Å². The molecule has 3 unspecified atom stereocenters. The van der Waals surface area contributed by atoms with Crippen molar-refractivity contribution in [3.8, 4) is 0 Å². The van der Waals surface area contributed by atoms with E-state index in [2.05, 4.69) is 0 Å². The maximum absolute atomic E-state index is 12.3. The molecule has 0 aromatic heterocycles. The first-order valence-corrected chi connectivity index (χ1v) is 7.53.